The van der Waals surface area contributed by atoms with Crippen molar-refractivity contribution >= 4 is 11.6 Å². The van der Waals surface area contributed by atoms with E-state index in [-0.39, 0.29) is 0 Å². The van der Waals surface area contributed by atoms with E-state index in [4.69, 9.17) is 0 Å². The van der Waals surface area contributed by atoms with Crippen molar-refractivity contribution in [1.82, 2.24) is 19.9 Å². The van der Waals surface area contributed by atoms with Crippen LogP contribution in [0.15, 0.2) is 24.5 Å². The van der Waals surface area contributed by atoms with Crippen molar-refractivity contribution in [2.45, 2.75) is 20.8 Å². The topological polar surface area (TPSA) is 58.0 Å². The second-order valence-electron chi connectivity index (χ2n) is 5.92. The van der Waals surface area contributed by atoms with Crippen LogP contribution in [0.4, 0.5) is 11.6 Å². The third-order valence-electron chi connectivity index (χ3n) is 3.87. The first-order valence-electron chi connectivity index (χ1n) is 7.71. The van der Waals surface area contributed by atoms with E-state index in [1.165, 1.54) is 0 Å². The van der Waals surface area contributed by atoms with E-state index in [0.717, 1.165) is 49.5 Å². The van der Waals surface area contributed by atoms with Gasteiger partial charge in [-0.2, -0.15) is 0 Å². The lowest BCUT2D eigenvalue weighted by molar-refractivity contribution is 0.590. The van der Waals surface area contributed by atoms with Crippen LogP contribution in [0, 0.1) is 19.8 Å². The van der Waals surface area contributed by atoms with Gasteiger partial charge in [-0.15, -0.1) is 0 Å². The molecule has 22 heavy (non-hydrogen) atoms. The molecule has 2 aromatic rings. The molecule has 1 aliphatic heterocycles. The van der Waals surface area contributed by atoms with Gasteiger partial charge in [0, 0.05) is 38.6 Å². The Hall–Kier alpha value is -2.24. The quantitative estimate of drug-likeness (QED) is 0.843. The average Bonchev–Trinajstić information content (AvgIpc) is 2.69. The molecule has 0 N–H and O–H groups in total. The van der Waals surface area contributed by atoms with Crippen LogP contribution in [0.2, 0.25) is 0 Å². The highest BCUT2D eigenvalue weighted by atomic mass is 15.3. The van der Waals surface area contributed by atoms with E-state index in [1.807, 2.05) is 38.4 Å². The molecule has 2 aromatic heterocycles. The summed E-state index contributed by atoms with van der Waals surface area (Å²) < 4.78 is 0. The molecule has 6 heteroatoms. The normalized spacial score (nSPS) is 16.7. The third kappa shape index (κ3) is 3.32. The van der Waals surface area contributed by atoms with Gasteiger partial charge >= 0.3 is 0 Å². The zero-order valence-corrected chi connectivity index (χ0v) is 13.4. The van der Waals surface area contributed by atoms with Gasteiger partial charge in [0.05, 0.1) is 0 Å². The Morgan fingerprint density at radius 3 is 1.73 bits per heavy atom. The van der Waals surface area contributed by atoms with Crippen LogP contribution in [0.1, 0.15) is 18.6 Å². The Morgan fingerprint density at radius 2 is 1.32 bits per heavy atom. The highest BCUT2D eigenvalue weighted by molar-refractivity contribution is 5.42. The largest absolute Gasteiger partial charge is 0.354 e. The highest BCUT2D eigenvalue weighted by Crippen LogP contribution is 2.19. The molecule has 0 bridgehead atoms. The second kappa shape index (κ2) is 6.25. The lowest BCUT2D eigenvalue weighted by Gasteiger charge is -2.23. The lowest BCUT2D eigenvalue weighted by Crippen LogP contribution is -2.31. The highest BCUT2D eigenvalue weighted by Gasteiger charge is 2.22. The van der Waals surface area contributed by atoms with Gasteiger partial charge in [0.2, 0.25) is 0 Å². The summed E-state index contributed by atoms with van der Waals surface area (Å²) in [4.78, 5) is 22.2. The van der Waals surface area contributed by atoms with Gasteiger partial charge in [-0.3, -0.25) is 0 Å². The van der Waals surface area contributed by atoms with E-state index in [1.54, 1.807) is 0 Å². The molecule has 1 saturated heterocycles. The fraction of sp³-hybridized carbons (Fsp3) is 0.500. The fourth-order valence-corrected chi connectivity index (χ4v) is 2.89. The minimum Gasteiger partial charge on any atom is -0.354 e. The van der Waals surface area contributed by atoms with E-state index in [2.05, 4.69) is 36.7 Å². The smallest absolute Gasteiger partial charge is 0.132 e. The number of nitrogens with zero attached hydrogens (tertiary/aromatic N) is 6. The molecule has 0 aliphatic carbocycles. The predicted molar refractivity (Wildman–Crippen MR) is 87.1 cm³/mol. The Morgan fingerprint density at radius 1 is 0.864 bits per heavy atom. The molecule has 1 fully saturated rings. The zero-order chi connectivity index (χ0) is 15.5. The van der Waals surface area contributed by atoms with Gasteiger partial charge < -0.3 is 9.80 Å². The Labute approximate surface area is 131 Å². The summed E-state index contributed by atoms with van der Waals surface area (Å²) in [6.45, 7) is 10.00. The maximum atomic E-state index is 4.56. The van der Waals surface area contributed by atoms with E-state index in [9.17, 15) is 0 Å². The fourth-order valence-electron chi connectivity index (χ4n) is 2.89. The maximum absolute atomic E-state index is 4.56. The predicted octanol–water partition coefficient (Wildman–Crippen LogP) is 1.85. The van der Waals surface area contributed by atoms with Gasteiger partial charge in [-0.25, -0.2) is 19.9 Å². The van der Waals surface area contributed by atoms with Crippen LogP contribution in [-0.4, -0.2) is 46.1 Å². The van der Waals surface area contributed by atoms with Gasteiger partial charge in [-0.1, -0.05) is 6.92 Å². The Bertz CT molecular complexity index is 589. The molecule has 0 saturated carbocycles. The summed E-state index contributed by atoms with van der Waals surface area (Å²) in [5, 5.41) is 0. The first-order valence-corrected chi connectivity index (χ1v) is 7.71. The number of rotatable bonds is 2. The minimum absolute atomic E-state index is 0.535. The monoisotopic (exact) mass is 298 g/mol. The van der Waals surface area contributed by atoms with Crippen molar-refractivity contribution in [3.05, 3.63) is 36.2 Å². The minimum atomic E-state index is 0.535. The van der Waals surface area contributed by atoms with Crippen LogP contribution in [0.3, 0.4) is 0 Å². The number of hydrogen-bond acceptors (Lipinski definition) is 6. The molecule has 0 atom stereocenters. The van der Waals surface area contributed by atoms with Crippen molar-refractivity contribution < 1.29 is 0 Å². The Balaban J connectivity index is 1.78. The number of hydrogen-bond donors (Lipinski definition) is 0. The van der Waals surface area contributed by atoms with Gasteiger partial charge in [-0.05, 0) is 31.9 Å². The molecule has 116 valence electrons. The van der Waals surface area contributed by atoms with Crippen LogP contribution < -0.4 is 9.80 Å². The van der Waals surface area contributed by atoms with E-state index in [0.29, 0.717) is 5.92 Å². The summed E-state index contributed by atoms with van der Waals surface area (Å²) in [6.07, 6.45) is 3.66. The molecule has 0 radical (unpaired) electrons. The summed E-state index contributed by atoms with van der Waals surface area (Å²) in [5.74, 6) is 4.20. The molecule has 0 aromatic carbocycles. The Kier molecular flexibility index (Phi) is 4.18. The SMILES string of the molecule is Cc1nccc(N2CCN(c3ccnc(C)n3)CC(C)C2)n1. The molecular formula is C16H22N6. The molecular weight excluding hydrogens is 276 g/mol. The number of anilines is 2. The molecule has 3 heterocycles. The van der Waals surface area contributed by atoms with Crippen molar-refractivity contribution in [2.24, 2.45) is 5.92 Å². The van der Waals surface area contributed by atoms with Crippen LogP contribution in [0.25, 0.3) is 0 Å². The maximum Gasteiger partial charge on any atom is 0.132 e. The number of aryl methyl sites for hydroxylation is 2. The first-order chi connectivity index (χ1) is 10.6. The molecule has 6 nitrogen and oxygen atoms in total. The molecule has 0 spiro atoms. The summed E-state index contributed by atoms with van der Waals surface area (Å²) in [6, 6.07) is 3.98. The van der Waals surface area contributed by atoms with Crippen molar-refractivity contribution in [3.8, 4) is 0 Å². The number of aromatic nitrogens is 4. The summed E-state index contributed by atoms with van der Waals surface area (Å²) in [5.41, 5.74) is 0. The van der Waals surface area contributed by atoms with Crippen molar-refractivity contribution in [1.29, 1.82) is 0 Å². The van der Waals surface area contributed by atoms with Crippen LogP contribution in [-0.2, 0) is 0 Å². The first kappa shape index (κ1) is 14.7. The van der Waals surface area contributed by atoms with Crippen molar-refractivity contribution in [2.75, 3.05) is 36.0 Å². The molecule has 0 amide bonds. The van der Waals surface area contributed by atoms with Crippen LogP contribution in [0.5, 0.6) is 0 Å². The van der Waals surface area contributed by atoms with Gasteiger partial charge in [0.1, 0.15) is 23.3 Å². The second-order valence-corrected chi connectivity index (χ2v) is 5.92. The van der Waals surface area contributed by atoms with Crippen molar-refractivity contribution in [3.63, 3.8) is 0 Å². The average molecular weight is 298 g/mol. The van der Waals surface area contributed by atoms with Gasteiger partial charge in [0.25, 0.3) is 0 Å². The standard InChI is InChI=1S/C16H22N6/c1-12-10-21(15-4-6-17-13(2)19-15)8-9-22(11-12)16-5-7-18-14(3)20-16/h4-7,12H,8-11H2,1-3H3. The lowest BCUT2D eigenvalue weighted by atomic mass is 10.1. The molecule has 3 rings (SSSR count). The molecule has 1 aliphatic rings. The zero-order valence-electron chi connectivity index (χ0n) is 13.4. The third-order valence-corrected chi connectivity index (χ3v) is 3.87. The summed E-state index contributed by atoms with van der Waals surface area (Å²) in [7, 11) is 0. The van der Waals surface area contributed by atoms with Gasteiger partial charge in [0.15, 0.2) is 0 Å². The molecule has 0 unspecified atom stereocenters. The summed E-state index contributed by atoms with van der Waals surface area (Å²) >= 11 is 0. The van der Waals surface area contributed by atoms with Crippen LogP contribution >= 0.6 is 0 Å². The van der Waals surface area contributed by atoms with E-state index >= 15 is 0 Å². The van der Waals surface area contributed by atoms with E-state index < -0.39 is 0 Å².